The lowest BCUT2D eigenvalue weighted by atomic mass is 10.1. The highest BCUT2D eigenvalue weighted by molar-refractivity contribution is 5.85. The van der Waals surface area contributed by atoms with Crippen molar-refractivity contribution in [1.29, 1.82) is 0 Å². The lowest BCUT2D eigenvalue weighted by Crippen LogP contribution is -2.20. The molecule has 3 nitrogen and oxygen atoms in total. The summed E-state index contributed by atoms with van der Waals surface area (Å²) in [6.45, 7) is 4.48. The van der Waals surface area contributed by atoms with E-state index in [1.54, 1.807) is 6.20 Å². The van der Waals surface area contributed by atoms with Crippen molar-refractivity contribution in [3.05, 3.63) is 59.8 Å². The van der Waals surface area contributed by atoms with Crippen molar-refractivity contribution in [2.45, 2.75) is 19.9 Å². The highest BCUT2D eigenvalue weighted by Gasteiger charge is 1.95. The Morgan fingerprint density at radius 1 is 1.05 bits per heavy atom. The fourth-order valence-electron chi connectivity index (χ4n) is 1.79. The molecule has 0 aliphatic carbocycles. The second-order valence-electron chi connectivity index (χ2n) is 4.36. The lowest BCUT2D eigenvalue weighted by Gasteiger charge is -2.07. The summed E-state index contributed by atoms with van der Waals surface area (Å²) >= 11 is 0. The quantitative estimate of drug-likeness (QED) is 0.796. The molecule has 0 aliphatic rings. The van der Waals surface area contributed by atoms with E-state index < -0.39 is 0 Å². The van der Waals surface area contributed by atoms with Crippen molar-refractivity contribution in [3.8, 4) is 5.88 Å². The van der Waals surface area contributed by atoms with Crippen LogP contribution in [0.15, 0.2) is 48.7 Å². The number of benzene rings is 1. The zero-order valence-corrected chi connectivity index (χ0v) is 12.5. The van der Waals surface area contributed by atoms with Gasteiger partial charge in [-0.25, -0.2) is 4.98 Å². The molecular formula is C16H21ClN2O. The second-order valence-corrected chi connectivity index (χ2v) is 4.36. The highest BCUT2D eigenvalue weighted by atomic mass is 35.5. The van der Waals surface area contributed by atoms with Gasteiger partial charge in [0.05, 0.1) is 0 Å². The SMILES string of the molecule is CCc1ccc(CNCCOc2ccccn2)cc1.Cl. The van der Waals surface area contributed by atoms with Crippen LogP contribution in [0.5, 0.6) is 5.88 Å². The largest absolute Gasteiger partial charge is 0.476 e. The van der Waals surface area contributed by atoms with E-state index >= 15 is 0 Å². The van der Waals surface area contributed by atoms with Crippen molar-refractivity contribution < 1.29 is 4.74 Å². The van der Waals surface area contributed by atoms with Gasteiger partial charge in [-0.15, -0.1) is 12.4 Å². The smallest absolute Gasteiger partial charge is 0.213 e. The van der Waals surface area contributed by atoms with Crippen LogP contribution in [0.3, 0.4) is 0 Å². The molecule has 0 amide bonds. The van der Waals surface area contributed by atoms with Gasteiger partial charge in [-0.1, -0.05) is 37.3 Å². The van der Waals surface area contributed by atoms with Gasteiger partial charge in [-0.3, -0.25) is 0 Å². The van der Waals surface area contributed by atoms with Crippen LogP contribution in [0.2, 0.25) is 0 Å². The average Bonchev–Trinajstić information content (AvgIpc) is 2.49. The molecule has 0 bridgehead atoms. The third kappa shape index (κ3) is 5.59. The molecule has 1 aromatic heterocycles. The Bertz CT molecular complexity index is 474. The normalized spacial score (nSPS) is 9.85. The number of aromatic nitrogens is 1. The van der Waals surface area contributed by atoms with Crippen molar-refractivity contribution >= 4 is 12.4 Å². The Hall–Kier alpha value is -1.58. The van der Waals surface area contributed by atoms with Crippen molar-refractivity contribution in [2.75, 3.05) is 13.2 Å². The minimum atomic E-state index is 0. The summed E-state index contributed by atoms with van der Waals surface area (Å²) in [4.78, 5) is 4.10. The molecule has 2 aromatic rings. The Morgan fingerprint density at radius 3 is 2.45 bits per heavy atom. The molecular weight excluding hydrogens is 272 g/mol. The first-order chi connectivity index (χ1) is 9.38. The van der Waals surface area contributed by atoms with Crippen LogP contribution < -0.4 is 10.1 Å². The fourth-order valence-corrected chi connectivity index (χ4v) is 1.79. The first kappa shape index (κ1) is 16.5. The van der Waals surface area contributed by atoms with Crippen LogP contribution in [0.1, 0.15) is 18.1 Å². The summed E-state index contributed by atoms with van der Waals surface area (Å²) in [5, 5.41) is 3.36. The number of hydrogen-bond donors (Lipinski definition) is 1. The van der Waals surface area contributed by atoms with E-state index in [9.17, 15) is 0 Å². The number of hydrogen-bond acceptors (Lipinski definition) is 3. The van der Waals surface area contributed by atoms with Gasteiger partial charge in [0.15, 0.2) is 0 Å². The molecule has 0 aliphatic heterocycles. The molecule has 0 saturated heterocycles. The summed E-state index contributed by atoms with van der Waals surface area (Å²) in [5.74, 6) is 0.677. The molecule has 20 heavy (non-hydrogen) atoms. The van der Waals surface area contributed by atoms with Gasteiger partial charge in [0.25, 0.3) is 0 Å². The third-order valence-electron chi connectivity index (χ3n) is 2.93. The minimum Gasteiger partial charge on any atom is -0.476 e. The molecule has 108 valence electrons. The summed E-state index contributed by atoms with van der Waals surface area (Å²) in [7, 11) is 0. The Labute approximate surface area is 126 Å². The zero-order chi connectivity index (χ0) is 13.3. The molecule has 0 fully saturated rings. The summed E-state index contributed by atoms with van der Waals surface area (Å²) < 4.78 is 5.51. The fraction of sp³-hybridized carbons (Fsp3) is 0.312. The molecule has 0 spiro atoms. The van der Waals surface area contributed by atoms with Crippen LogP contribution in [0.25, 0.3) is 0 Å². The van der Waals surface area contributed by atoms with E-state index in [0.29, 0.717) is 12.5 Å². The first-order valence-electron chi connectivity index (χ1n) is 6.71. The molecule has 4 heteroatoms. The summed E-state index contributed by atoms with van der Waals surface area (Å²) in [6.07, 6.45) is 2.82. The van der Waals surface area contributed by atoms with Gasteiger partial charge in [0.2, 0.25) is 5.88 Å². The van der Waals surface area contributed by atoms with Crippen molar-refractivity contribution in [2.24, 2.45) is 0 Å². The first-order valence-corrected chi connectivity index (χ1v) is 6.71. The Balaban J connectivity index is 0.00000200. The Kier molecular flexibility index (Phi) is 7.70. The predicted octanol–water partition coefficient (Wildman–Crippen LogP) is 3.23. The van der Waals surface area contributed by atoms with Crippen LogP contribution in [0.4, 0.5) is 0 Å². The number of rotatable bonds is 7. The van der Waals surface area contributed by atoms with E-state index in [0.717, 1.165) is 19.5 Å². The van der Waals surface area contributed by atoms with E-state index in [2.05, 4.69) is 41.5 Å². The average molecular weight is 293 g/mol. The van der Waals surface area contributed by atoms with Crippen LogP contribution in [0, 0.1) is 0 Å². The molecule has 0 saturated carbocycles. The molecule has 0 unspecified atom stereocenters. The van der Waals surface area contributed by atoms with E-state index in [-0.39, 0.29) is 12.4 Å². The van der Waals surface area contributed by atoms with Crippen LogP contribution in [-0.2, 0) is 13.0 Å². The van der Waals surface area contributed by atoms with Gasteiger partial charge in [-0.05, 0) is 23.6 Å². The van der Waals surface area contributed by atoms with Gasteiger partial charge >= 0.3 is 0 Å². The van der Waals surface area contributed by atoms with Gasteiger partial charge in [0.1, 0.15) is 6.61 Å². The molecule has 2 rings (SSSR count). The number of nitrogens with one attached hydrogen (secondary N) is 1. The van der Waals surface area contributed by atoms with Gasteiger partial charge in [-0.2, -0.15) is 0 Å². The topological polar surface area (TPSA) is 34.1 Å². The monoisotopic (exact) mass is 292 g/mol. The maximum absolute atomic E-state index is 5.51. The standard InChI is InChI=1S/C16H20N2O.ClH/c1-2-14-6-8-15(9-7-14)13-17-11-12-19-16-5-3-4-10-18-16;/h3-10,17H,2,11-13H2,1H3;1H. The van der Waals surface area contributed by atoms with Crippen LogP contribution >= 0.6 is 12.4 Å². The number of halogens is 1. The molecule has 0 radical (unpaired) electrons. The van der Waals surface area contributed by atoms with Gasteiger partial charge < -0.3 is 10.1 Å². The molecule has 1 aromatic carbocycles. The lowest BCUT2D eigenvalue weighted by molar-refractivity contribution is 0.302. The number of pyridine rings is 1. The van der Waals surface area contributed by atoms with Gasteiger partial charge in [0, 0.05) is 25.4 Å². The molecule has 0 atom stereocenters. The number of aryl methyl sites for hydroxylation is 1. The second kappa shape index (κ2) is 9.34. The number of nitrogens with zero attached hydrogens (tertiary/aromatic N) is 1. The van der Waals surface area contributed by atoms with E-state index in [4.69, 9.17) is 4.74 Å². The molecule has 1 heterocycles. The maximum atomic E-state index is 5.51. The summed E-state index contributed by atoms with van der Waals surface area (Å²) in [6, 6.07) is 14.4. The maximum Gasteiger partial charge on any atom is 0.213 e. The van der Waals surface area contributed by atoms with Crippen LogP contribution in [-0.4, -0.2) is 18.1 Å². The van der Waals surface area contributed by atoms with E-state index in [1.807, 2.05) is 18.2 Å². The predicted molar refractivity (Wildman–Crippen MR) is 84.5 cm³/mol. The van der Waals surface area contributed by atoms with E-state index in [1.165, 1.54) is 11.1 Å². The third-order valence-corrected chi connectivity index (χ3v) is 2.93. The number of ether oxygens (including phenoxy) is 1. The van der Waals surface area contributed by atoms with Crippen molar-refractivity contribution in [1.82, 2.24) is 10.3 Å². The molecule has 1 N–H and O–H groups in total. The Morgan fingerprint density at radius 2 is 1.80 bits per heavy atom. The van der Waals surface area contributed by atoms with Crippen molar-refractivity contribution in [3.63, 3.8) is 0 Å². The summed E-state index contributed by atoms with van der Waals surface area (Å²) in [5.41, 5.74) is 2.68. The minimum absolute atomic E-state index is 0. The zero-order valence-electron chi connectivity index (χ0n) is 11.7. The highest BCUT2D eigenvalue weighted by Crippen LogP contribution is 2.05.